The lowest BCUT2D eigenvalue weighted by atomic mass is 9.99. The summed E-state index contributed by atoms with van der Waals surface area (Å²) in [7, 11) is 0. The summed E-state index contributed by atoms with van der Waals surface area (Å²) in [5.41, 5.74) is 4.11. The summed E-state index contributed by atoms with van der Waals surface area (Å²) in [5.74, 6) is 0.0203. The highest BCUT2D eigenvalue weighted by molar-refractivity contribution is 5.73. The van der Waals surface area contributed by atoms with Crippen LogP contribution in [0.25, 0.3) is 22.3 Å². The van der Waals surface area contributed by atoms with E-state index in [1.165, 1.54) is 12.1 Å². The van der Waals surface area contributed by atoms with Gasteiger partial charge in [0.2, 0.25) is 0 Å². The molecule has 98 valence electrons. The molecule has 0 unspecified atom stereocenters. The van der Waals surface area contributed by atoms with Gasteiger partial charge in [-0.3, -0.25) is 0 Å². The van der Waals surface area contributed by atoms with Crippen LogP contribution in [0.3, 0.4) is 0 Å². The second-order valence-corrected chi connectivity index (χ2v) is 4.63. The van der Waals surface area contributed by atoms with E-state index >= 15 is 0 Å². The molecule has 0 aliphatic carbocycles. The first-order chi connectivity index (χ1) is 9.72. The Hall–Kier alpha value is -2.61. The van der Waals surface area contributed by atoms with Gasteiger partial charge in [0.15, 0.2) is 0 Å². The number of benzene rings is 3. The summed E-state index contributed by atoms with van der Waals surface area (Å²) in [5, 5.41) is 9.33. The van der Waals surface area contributed by atoms with Crippen LogP contribution >= 0.6 is 0 Å². The molecule has 0 fully saturated rings. The molecule has 20 heavy (non-hydrogen) atoms. The van der Waals surface area contributed by atoms with Crippen LogP contribution in [0.5, 0.6) is 5.75 Å². The minimum Gasteiger partial charge on any atom is -0.508 e. The fourth-order valence-electron chi connectivity index (χ4n) is 2.17. The number of hydrogen-bond donors (Lipinski definition) is 1. The first-order valence-electron chi connectivity index (χ1n) is 6.38. The van der Waals surface area contributed by atoms with Crippen LogP contribution in [0.4, 0.5) is 4.39 Å². The van der Waals surface area contributed by atoms with E-state index in [-0.39, 0.29) is 11.6 Å². The Kier molecular flexibility index (Phi) is 3.21. The monoisotopic (exact) mass is 264 g/mol. The molecule has 0 atom stereocenters. The van der Waals surface area contributed by atoms with Crippen molar-refractivity contribution in [3.63, 3.8) is 0 Å². The van der Waals surface area contributed by atoms with Gasteiger partial charge in [-0.15, -0.1) is 0 Å². The number of rotatable bonds is 2. The van der Waals surface area contributed by atoms with Gasteiger partial charge in [-0.2, -0.15) is 0 Å². The summed E-state index contributed by atoms with van der Waals surface area (Å²) in [4.78, 5) is 0. The number of halogens is 1. The molecule has 0 amide bonds. The van der Waals surface area contributed by atoms with Crippen LogP contribution in [0, 0.1) is 5.82 Å². The first kappa shape index (κ1) is 12.4. The van der Waals surface area contributed by atoms with Crippen molar-refractivity contribution in [1.29, 1.82) is 0 Å². The van der Waals surface area contributed by atoms with Gasteiger partial charge in [0, 0.05) is 0 Å². The lowest BCUT2D eigenvalue weighted by Crippen LogP contribution is -1.82. The maximum atomic E-state index is 13.0. The Bertz CT molecular complexity index is 654. The molecule has 3 aromatic carbocycles. The molecule has 3 rings (SSSR count). The molecule has 0 radical (unpaired) electrons. The predicted molar refractivity (Wildman–Crippen MR) is 78.9 cm³/mol. The number of aromatic hydroxyl groups is 1. The molecule has 1 N–H and O–H groups in total. The minimum atomic E-state index is -0.233. The van der Waals surface area contributed by atoms with Gasteiger partial charge in [-0.05, 0) is 52.6 Å². The van der Waals surface area contributed by atoms with E-state index in [4.69, 9.17) is 0 Å². The SMILES string of the molecule is Oc1ccc(-c2cccc(-c3ccc(F)cc3)c2)cc1. The molecule has 0 aliphatic rings. The Morgan fingerprint density at radius 1 is 0.600 bits per heavy atom. The third-order valence-electron chi connectivity index (χ3n) is 3.24. The van der Waals surface area contributed by atoms with Crippen LogP contribution in [0.15, 0.2) is 72.8 Å². The lowest BCUT2D eigenvalue weighted by molar-refractivity contribution is 0.475. The Morgan fingerprint density at radius 3 is 1.65 bits per heavy atom. The molecule has 0 saturated carbocycles. The molecule has 3 aromatic rings. The van der Waals surface area contributed by atoms with Gasteiger partial charge in [0.25, 0.3) is 0 Å². The summed E-state index contributed by atoms with van der Waals surface area (Å²) >= 11 is 0. The van der Waals surface area contributed by atoms with Gasteiger partial charge in [-0.25, -0.2) is 4.39 Å². The largest absolute Gasteiger partial charge is 0.508 e. The van der Waals surface area contributed by atoms with Crippen molar-refractivity contribution in [2.45, 2.75) is 0 Å². The van der Waals surface area contributed by atoms with Crippen molar-refractivity contribution in [3.8, 4) is 28.0 Å². The van der Waals surface area contributed by atoms with Gasteiger partial charge >= 0.3 is 0 Å². The fraction of sp³-hybridized carbons (Fsp3) is 0. The number of phenols is 1. The van der Waals surface area contributed by atoms with Gasteiger partial charge in [0.05, 0.1) is 0 Å². The van der Waals surface area contributed by atoms with Crippen molar-refractivity contribution in [2.75, 3.05) is 0 Å². The normalized spacial score (nSPS) is 10.4. The van der Waals surface area contributed by atoms with Gasteiger partial charge < -0.3 is 5.11 Å². The molecule has 0 heterocycles. The van der Waals surface area contributed by atoms with Crippen molar-refractivity contribution in [1.82, 2.24) is 0 Å². The summed E-state index contributed by atoms with van der Waals surface area (Å²) < 4.78 is 13.0. The molecule has 0 bridgehead atoms. The smallest absolute Gasteiger partial charge is 0.123 e. The molecule has 0 spiro atoms. The lowest BCUT2D eigenvalue weighted by Gasteiger charge is -2.06. The molecule has 0 aliphatic heterocycles. The average Bonchev–Trinajstić information content (AvgIpc) is 2.49. The van der Waals surface area contributed by atoms with Crippen LogP contribution in [0.1, 0.15) is 0 Å². The first-order valence-corrected chi connectivity index (χ1v) is 6.38. The quantitative estimate of drug-likeness (QED) is 0.700. The second-order valence-electron chi connectivity index (χ2n) is 4.63. The molecule has 0 saturated heterocycles. The zero-order valence-electron chi connectivity index (χ0n) is 10.8. The molecule has 0 aromatic heterocycles. The third kappa shape index (κ3) is 2.54. The summed E-state index contributed by atoms with van der Waals surface area (Å²) in [6.07, 6.45) is 0. The van der Waals surface area contributed by atoms with Crippen LogP contribution < -0.4 is 0 Å². The summed E-state index contributed by atoms with van der Waals surface area (Å²) in [6, 6.07) is 21.6. The highest BCUT2D eigenvalue weighted by atomic mass is 19.1. The van der Waals surface area contributed by atoms with Crippen molar-refractivity contribution in [3.05, 3.63) is 78.6 Å². The van der Waals surface area contributed by atoms with Crippen molar-refractivity contribution in [2.24, 2.45) is 0 Å². The van der Waals surface area contributed by atoms with Crippen molar-refractivity contribution >= 4 is 0 Å². The Balaban J connectivity index is 2.01. The maximum Gasteiger partial charge on any atom is 0.123 e. The molecular weight excluding hydrogens is 251 g/mol. The van der Waals surface area contributed by atoms with Crippen LogP contribution in [-0.2, 0) is 0 Å². The van der Waals surface area contributed by atoms with E-state index in [0.717, 1.165) is 22.3 Å². The van der Waals surface area contributed by atoms with Crippen LogP contribution in [-0.4, -0.2) is 5.11 Å². The number of hydrogen-bond acceptors (Lipinski definition) is 1. The molecule has 1 nitrogen and oxygen atoms in total. The topological polar surface area (TPSA) is 20.2 Å². The highest BCUT2D eigenvalue weighted by Gasteiger charge is 2.02. The van der Waals surface area contributed by atoms with Crippen LogP contribution in [0.2, 0.25) is 0 Å². The van der Waals surface area contributed by atoms with E-state index in [0.29, 0.717) is 0 Å². The van der Waals surface area contributed by atoms with Gasteiger partial charge in [0.1, 0.15) is 11.6 Å². The van der Waals surface area contributed by atoms with Crippen molar-refractivity contribution < 1.29 is 9.50 Å². The van der Waals surface area contributed by atoms with E-state index in [1.807, 2.05) is 30.3 Å². The minimum absolute atomic E-state index is 0.233. The average molecular weight is 264 g/mol. The molecular formula is C18H13FO. The van der Waals surface area contributed by atoms with Gasteiger partial charge in [-0.1, -0.05) is 42.5 Å². The molecule has 2 heteroatoms. The Labute approximate surface area is 117 Å². The zero-order valence-corrected chi connectivity index (χ0v) is 10.8. The van der Waals surface area contributed by atoms with E-state index in [2.05, 4.69) is 6.07 Å². The zero-order chi connectivity index (χ0) is 13.9. The predicted octanol–water partition coefficient (Wildman–Crippen LogP) is 4.87. The Morgan fingerprint density at radius 2 is 1.10 bits per heavy atom. The standard InChI is InChI=1S/C18H13FO/c19-17-8-4-13(5-9-17)15-2-1-3-16(12-15)14-6-10-18(20)11-7-14/h1-12,20H. The second kappa shape index (κ2) is 5.17. The number of phenolic OH excluding ortho intramolecular Hbond substituents is 1. The summed E-state index contributed by atoms with van der Waals surface area (Å²) in [6.45, 7) is 0. The fourth-order valence-corrected chi connectivity index (χ4v) is 2.17. The van der Waals surface area contributed by atoms with E-state index in [1.54, 1.807) is 24.3 Å². The highest BCUT2D eigenvalue weighted by Crippen LogP contribution is 2.27. The van der Waals surface area contributed by atoms with E-state index < -0.39 is 0 Å². The maximum absolute atomic E-state index is 13.0. The third-order valence-corrected chi connectivity index (χ3v) is 3.24. The van der Waals surface area contributed by atoms with E-state index in [9.17, 15) is 9.50 Å².